The lowest BCUT2D eigenvalue weighted by atomic mass is 9.99. The van der Waals surface area contributed by atoms with Gasteiger partial charge in [0, 0.05) is 6.42 Å². The average molecular weight is 254 g/mol. The highest BCUT2D eigenvalue weighted by Crippen LogP contribution is 2.16. The van der Waals surface area contributed by atoms with Crippen LogP contribution in [0.4, 0.5) is 0 Å². The Labute approximate surface area is 110 Å². The van der Waals surface area contributed by atoms with E-state index >= 15 is 0 Å². The quantitative estimate of drug-likeness (QED) is 0.489. The largest absolute Gasteiger partial charge is 0.462 e. The first kappa shape index (κ1) is 15.2. The van der Waals surface area contributed by atoms with Crippen molar-refractivity contribution in [2.75, 3.05) is 0 Å². The zero-order valence-electron chi connectivity index (χ0n) is 11.7. The first-order valence-corrected chi connectivity index (χ1v) is 7.34. The zero-order valence-corrected chi connectivity index (χ0v) is 11.7. The van der Waals surface area contributed by atoms with Crippen LogP contribution < -0.4 is 0 Å². The summed E-state index contributed by atoms with van der Waals surface area (Å²) < 4.78 is 5.32. The topological polar surface area (TPSA) is 43.4 Å². The molecule has 1 unspecified atom stereocenters. The smallest absolute Gasteiger partial charge is 0.316 e. The number of carbonyl (C=O) groups is 2. The molecule has 0 aromatic rings. The van der Waals surface area contributed by atoms with Crippen LogP contribution in [0.1, 0.15) is 71.6 Å². The predicted molar refractivity (Wildman–Crippen MR) is 71.3 cm³/mol. The van der Waals surface area contributed by atoms with E-state index in [-0.39, 0.29) is 17.9 Å². The molecule has 0 amide bonds. The predicted octanol–water partition coefficient (Wildman–Crippen LogP) is 3.65. The molecule has 0 radical (unpaired) electrons. The van der Waals surface area contributed by atoms with Crippen LogP contribution in [0.25, 0.3) is 0 Å². The van der Waals surface area contributed by atoms with Crippen LogP contribution >= 0.6 is 0 Å². The number of esters is 1. The summed E-state index contributed by atoms with van der Waals surface area (Å²) in [6.07, 6.45) is 9.43. The molecule has 0 spiro atoms. The van der Waals surface area contributed by atoms with E-state index in [9.17, 15) is 9.59 Å². The second kappa shape index (κ2) is 8.28. The molecule has 0 N–H and O–H groups in total. The van der Waals surface area contributed by atoms with Gasteiger partial charge in [0.05, 0.1) is 6.10 Å². The van der Waals surface area contributed by atoms with Crippen molar-refractivity contribution < 1.29 is 14.3 Å². The van der Waals surface area contributed by atoms with Gasteiger partial charge in [0.2, 0.25) is 0 Å². The third-order valence-electron chi connectivity index (χ3n) is 3.69. The van der Waals surface area contributed by atoms with Crippen molar-refractivity contribution in [3.8, 4) is 0 Å². The fraction of sp³-hybridized carbons (Fsp3) is 0.867. The SMILES string of the molecule is CC1CCCCCCCCCC(=O)[C@H](C)C(=O)O1. The molecule has 2 atom stereocenters. The molecule has 1 saturated heterocycles. The molecule has 1 fully saturated rings. The van der Waals surface area contributed by atoms with Crippen molar-refractivity contribution in [2.24, 2.45) is 5.92 Å². The van der Waals surface area contributed by atoms with Crippen LogP contribution in [0.5, 0.6) is 0 Å². The van der Waals surface area contributed by atoms with Gasteiger partial charge in [-0.25, -0.2) is 0 Å². The lowest BCUT2D eigenvalue weighted by Crippen LogP contribution is -2.26. The molecule has 0 aromatic carbocycles. The standard InChI is InChI=1S/C15H26O3/c1-12-10-8-6-4-3-5-7-9-11-14(16)13(2)15(17)18-12/h12-13H,3-11H2,1-2H3/t12?,13-/m0/s1. The molecule has 0 bridgehead atoms. The summed E-state index contributed by atoms with van der Waals surface area (Å²) in [4.78, 5) is 23.6. The number of rotatable bonds is 0. The molecular weight excluding hydrogens is 228 g/mol. The van der Waals surface area contributed by atoms with E-state index in [0.717, 1.165) is 25.7 Å². The second-order valence-electron chi connectivity index (χ2n) is 5.45. The Kier molecular flexibility index (Phi) is 6.99. The summed E-state index contributed by atoms with van der Waals surface area (Å²) in [6.45, 7) is 3.59. The maximum absolute atomic E-state index is 11.8. The van der Waals surface area contributed by atoms with Crippen LogP contribution in [-0.4, -0.2) is 17.9 Å². The average Bonchev–Trinajstić information content (AvgIpc) is 2.34. The van der Waals surface area contributed by atoms with Crippen molar-refractivity contribution in [2.45, 2.75) is 77.7 Å². The number of carbonyl (C=O) groups excluding carboxylic acids is 2. The third-order valence-corrected chi connectivity index (χ3v) is 3.69. The van der Waals surface area contributed by atoms with Crippen LogP contribution in [0, 0.1) is 5.92 Å². The van der Waals surface area contributed by atoms with Crippen molar-refractivity contribution in [1.29, 1.82) is 0 Å². The highest BCUT2D eigenvalue weighted by atomic mass is 16.5. The van der Waals surface area contributed by atoms with Gasteiger partial charge in [-0.3, -0.25) is 9.59 Å². The van der Waals surface area contributed by atoms with Crippen LogP contribution in [0.15, 0.2) is 0 Å². The Hall–Kier alpha value is -0.860. The molecule has 0 aromatic heterocycles. The maximum Gasteiger partial charge on any atom is 0.316 e. The maximum atomic E-state index is 11.8. The van der Waals surface area contributed by atoms with Gasteiger partial charge in [-0.15, -0.1) is 0 Å². The third kappa shape index (κ3) is 5.65. The lowest BCUT2D eigenvalue weighted by molar-refractivity contribution is -0.155. The first-order chi connectivity index (χ1) is 8.61. The molecule has 3 nitrogen and oxygen atoms in total. The summed E-state index contributed by atoms with van der Waals surface area (Å²) in [6, 6.07) is 0. The molecule has 18 heavy (non-hydrogen) atoms. The number of cyclic esters (lactones) is 1. The summed E-state index contributed by atoms with van der Waals surface area (Å²) in [7, 11) is 0. The number of ketones is 1. The number of hydrogen-bond acceptors (Lipinski definition) is 3. The number of hydrogen-bond donors (Lipinski definition) is 0. The molecule has 3 heteroatoms. The monoisotopic (exact) mass is 254 g/mol. The number of ether oxygens (including phenoxy) is 1. The van der Waals surface area contributed by atoms with Gasteiger partial charge in [-0.1, -0.05) is 32.1 Å². The summed E-state index contributed by atoms with van der Waals surface area (Å²) in [5.41, 5.74) is 0. The van der Waals surface area contributed by atoms with E-state index in [0.29, 0.717) is 6.42 Å². The normalized spacial score (nSPS) is 29.4. The van der Waals surface area contributed by atoms with Gasteiger partial charge in [0.15, 0.2) is 0 Å². The van der Waals surface area contributed by atoms with E-state index in [1.54, 1.807) is 6.92 Å². The number of Topliss-reactive ketones (excluding diaryl/α,β-unsaturated/α-hetero) is 1. The van der Waals surface area contributed by atoms with E-state index in [4.69, 9.17) is 4.74 Å². The van der Waals surface area contributed by atoms with E-state index in [2.05, 4.69) is 0 Å². The molecule has 1 rings (SSSR count). The molecule has 104 valence electrons. The van der Waals surface area contributed by atoms with Crippen molar-refractivity contribution >= 4 is 11.8 Å². The Bertz CT molecular complexity index is 273. The summed E-state index contributed by atoms with van der Waals surface area (Å²) in [5.74, 6) is -0.899. The lowest BCUT2D eigenvalue weighted by Gasteiger charge is -2.17. The fourth-order valence-corrected chi connectivity index (χ4v) is 2.32. The molecule has 1 aliphatic heterocycles. The molecular formula is C15H26O3. The fourth-order valence-electron chi connectivity index (χ4n) is 2.32. The van der Waals surface area contributed by atoms with Gasteiger partial charge in [-0.2, -0.15) is 0 Å². The van der Waals surface area contributed by atoms with Crippen molar-refractivity contribution in [1.82, 2.24) is 0 Å². The Balaban J connectivity index is 2.49. The van der Waals surface area contributed by atoms with E-state index in [1.165, 1.54) is 25.7 Å². The molecule has 1 heterocycles. The highest BCUT2D eigenvalue weighted by molar-refractivity contribution is 5.98. The summed E-state index contributed by atoms with van der Waals surface area (Å²) >= 11 is 0. The van der Waals surface area contributed by atoms with Crippen LogP contribution in [-0.2, 0) is 14.3 Å². The van der Waals surface area contributed by atoms with E-state index in [1.807, 2.05) is 6.92 Å². The van der Waals surface area contributed by atoms with E-state index < -0.39 is 5.92 Å². The first-order valence-electron chi connectivity index (χ1n) is 7.34. The van der Waals surface area contributed by atoms with Gasteiger partial charge in [0.25, 0.3) is 0 Å². The molecule has 0 aliphatic carbocycles. The second-order valence-corrected chi connectivity index (χ2v) is 5.45. The zero-order chi connectivity index (χ0) is 13.4. The van der Waals surface area contributed by atoms with Crippen molar-refractivity contribution in [3.05, 3.63) is 0 Å². The molecule has 0 saturated carbocycles. The minimum absolute atomic E-state index is 0.0317. The van der Waals surface area contributed by atoms with Gasteiger partial charge >= 0.3 is 5.97 Å². The Morgan fingerprint density at radius 2 is 1.44 bits per heavy atom. The Morgan fingerprint density at radius 3 is 2.11 bits per heavy atom. The van der Waals surface area contributed by atoms with Crippen LogP contribution in [0.3, 0.4) is 0 Å². The van der Waals surface area contributed by atoms with Crippen LogP contribution in [0.2, 0.25) is 0 Å². The molecule has 1 aliphatic rings. The van der Waals surface area contributed by atoms with Gasteiger partial charge in [-0.05, 0) is 33.1 Å². The summed E-state index contributed by atoms with van der Waals surface area (Å²) in [5, 5.41) is 0. The van der Waals surface area contributed by atoms with Gasteiger partial charge in [0.1, 0.15) is 11.7 Å². The minimum Gasteiger partial charge on any atom is -0.462 e. The minimum atomic E-state index is -0.588. The van der Waals surface area contributed by atoms with Gasteiger partial charge < -0.3 is 4.74 Å². The van der Waals surface area contributed by atoms with Crippen molar-refractivity contribution in [3.63, 3.8) is 0 Å². The Morgan fingerprint density at radius 1 is 0.889 bits per heavy atom. The highest BCUT2D eigenvalue weighted by Gasteiger charge is 2.23.